The first-order valence-corrected chi connectivity index (χ1v) is 8.21. The number of hydrogen-bond acceptors (Lipinski definition) is 4. The van der Waals surface area contributed by atoms with Crippen molar-refractivity contribution < 1.29 is 0 Å². The third-order valence-corrected chi connectivity index (χ3v) is 4.19. The maximum atomic E-state index is 4.75. The summed E-state index contributed by atoms with van der Waals surface area (Å²) < 4.78 is 0. The van der Waals surface area contributed by atoms with E-state index in [-0.39, 0.29) is 0 Å². The highest BCUT2D eigenvalue weighted by Gasteiger charge is 2.17. The number of para-hydroxylation sites is 1. The van der Waals surface area contributed by atoms with Crippen molar-refractivity contribution in [3.8, 4) is 0 Å². The van der Waals surface area contributed by atoms with Gasteiger partial charge in [-0.15, -0.1) is 0 Å². The second kappa shape index (κ2) is 6.77. The number of nitrogens with one attached hydrogen (secondary N) is 1. The molecular formula is C18H24N4. The maximum absolute atomic E-state index is 4.75. The Balaban J connectivity index is 1.87. The lowest BCUT2D eigenvalue weighted by Gasteiger charge is -2.23. The van der Waals surface area contributed by atoms with Gasteiger partial charge in [0.1, 0.15) is 5.82 Å². The molecular weight excluding hydrogens is 272 g/mol. The van der Waals surface area contributed by atoms with Crippen molar-refractivity contribution in [2.24, 2.45) is 0 Å². The van der Waals surface area contributed by atoms with E-state index in [2.05, 4.69) is 52.5 Å². The first kappa shape index (κ1) is 14.8. The molecule has 0 bridgehead atoms. The molecule has 0 saturated heterocycles. The fraction of sp³-hybridized carbons (Fsp3) is 0.444. The quantitative estimate of drug-likeness (QED) is 0.893. The van der Waals surface area contributed by atoms with Crippen LogP contribution in [0.2, 0.25) is 0 Å². The zero-order valence-corrected chi connectivity index (χ0v) is 13.4. The Hall–Kier alpha value is -2.10. The highest BCUT2D eigenvalue weighted by atomic mass is 15.2. The van der Waals surface area contributed by atoms with E-state index in [4.69, 9.17) is 4.98 Å². The molecule has 3 rings (SSSR count). The van der Waals surface area contributed by atoms with Crippen LogP contribution in [0.5, 0.6) is 0 Å². The lowest BCUT2D eigenvalue weighted by molar-refractivity contribution is 0.742. The van der Waals surface area contributed by atoms with Gasteiger partial charge < -0.3 is 10.2 Å². The van der Waals surface area contributed by atoms with Gasteiger partial charge in [0, 0.05) is 30.0 Å². The van der Waals surface area contributed by atoms with Gasteiger partial charge >= 0.3 is 0 Å². The van der Waals surface area contributed by atoms with Gasteiger partial charge in [-0.1, -0.05) is 31.0 Å². The molecule has 0 unspecified atom stereocenters. The van der Waals surface area contributed by atoms with Crippen LogP contribution in [0.15, 0.2) is 36.4 Å². The van der Waals surface area contributed by atoms with Crippen LogP contribution in [0.4, 0.5) is 17.5 Å². The van der Waals surface area contributed by atoms with Gasteiger partial charge in [-0.2, -0.15) is 4.98 Å². The highest BCUT2D eigenvalue weighted by Crippen LogP contribution is 2.26. The topological polar surface area (TPSA) is 41.1 Å². The van der Waals surface area contributed by atoms with E-state index in [9.17, 15) is 0 Å². The van der Waals surface area contributed by atoms with Crippen LogP contribution < -0.4 is 10.2 Å². The van der Waals surface area contributed by atoms with Crippen molar-refractivity contribution in [2.75, 3.05) is 16.8 Å². The predicted octanol–water partition coefficient (Wildman–Crippen LogP) is 4.30. The summed E-state index contributed by atoms with van der Waals surface area (Å²) in [4.78, 5) is 11.5. The highest BCUT2D eigenvalue weighted by molar-refractivity contribution is 5.61. The largest absolute Gasteiger partial charge is 0.351 e. The average Bonchev–Trinajstić information content (AvgIpc) is 3.01. The van der Waals surface area contributed by atoms with Crippen molar-refractivity contribution in [1.82, 2.24) is 9.97 Å². The molecule has 0 radical (unpaired) electrons. The second-order valence-corrected chi connectivity index (χ2v) is 5.90. The standard InChI is InChI=1S/C18H24N4/c1-3-22(16-11-5-4-6-12-16)17-13-14(2)19-18(21-17)20-15-9-7-8-10-15/h4-6,11-13,15H,3,7-10H2,1-2H3,(H,19,20,21). The zero-order valence-electron chi connectivity index (χ0n) is 13.4. The van der Waals surface area contributed by atoms with Gasteiger partial charge in [-0.05, 0) is 38.8 Å². The molecule has 4 nitrogen and oxygen atoms in total. The Morgan fingerprint density at radius 1 is 1.14 bits per heavy atom. The normalized spacial score (nSPS) is 15.0. The summed E-state index contributed by atoms with van der Waals surface area (Å²) in [6.45, 7) is 5.06. The van der Waals surface area contributed by atoms with Gasteiger partial charge in [0.15, 0.2) is 0 Å². The van der Waals surface area contributed by atoms with Gasteiger partial charge in [-0.3, -0.25) is 0 Å². The molecule has 1 heterocycles. The van der Waals surface area contributed by atoms with Crippen LogP contribution in [0.1, 0.15) is 38.3 Å². The van der Waals surface area contributed by atoms with Crippen LogP contribution >= 0.6 is 0 Å². The van der Waals surface area contributed by atoms with E-state index in [1.807, 2.05) is 13.0 Å². The second-order valence-electron chi connectivity index (χ2n) is 5.90. The van der Waals surface area contributed by atoms with E-state index in [0.29, 0.717) is 6.04 Å². The van der Waals surface area contributed by atoms with E-state index in [1.165, 1.54) is 25.7 Å². The number of hydrogen-bond donors (Lipinski definition) is 1. The molecule has 1 N–H and O–H groups in total. The molecule has 1 aromatic carbocycles. The summed E-state index contributed by atoms with van der Waals surface area (Å²) in [6, 6.07) is 13.0. The zero-order chi connectivity index (χ0) is 15.4. The fourth-order valence-electron chi connectivity index (χ4n) is 3.09. The number of anilines is 3. The molecule has 1 aliphatic carbocycles. The maximum Gasteiger partial charge on any atom is 0.225 e. The first-order valence-electron chi connectivity index (χ1n) is 8.21. The summed E-state index contributed by atoms with van der Waals surface area (Å²) >= 11 is 0. The summed E-state index contributed by atoms with van der Waals surface area (Å²) in [5.41, 5.74) is 2.16. The fourth-order valence-corrected chi connectivity index (χ4v) is 3.09. The predicted molar refractivity (Wildman–Crippen MR) is 91.8 cm³/mol. The number of aryl methyl sites for hydroxylation is 1. The van der Waals surface area contributed by atoms with E-state index >= 15 is 0 Å². The lowest BCUT2D eigenvalue weighted by Crippen LogP contribution is -2.21. The third-order valence-electron chi connectivity index (χ3n) is 4.19. The van der Waals surface area contributed by atoms with Crippen molar-refractivity contribution in [1.29, 1.82) is 0 Å². The van der Waals surface area contributed by atoms with Gasteiger partial charge in [0.2, 0.25) is 5.95 Å². The number of rotatable bonds is 5. The lowest BCUT2D eigenvalue weighted by atomic mass is 10.2. The number of aromatic nitrogens is 2. The molecule has 116 valence electrons. The summed E-state index contributed by atoms with van der Waals surface area (Å²) in [6.07, 6.45) is 5.06. The van der Waals surface area contributed by atoms with Crippen LogP contribution in [-0.2, 0) is 0 Å². The third kappa shape index (κ3) is 3.38. The molecule has 22 heavy (non-hydrogen) atoms. The average molecular weight is 296 g/mol. The van der Waals surface area contributed by atoms with Crippen molar-refractivity contribution >= 4 is 17.5 Å². The smallest absolute Gasteiger partial charge is 0.225 e. The minimum Gasteiger partial charge on any atom is -0.351 e. The van der Waals surface area contributed by atoms with E-state index in [1.54, 1.807) is 0 Å². The molecule has 0 spiro atoms. The minimum atomic E-state index is 0.529. The number of nitrogens with zero attached hydrogens (tertiary/aromatic N) is 3. The molecule has 0 aliphatic heterocycles. The van der Waals surface area contributed by atoms with Gasteiger partial charge in [0.25, 0.3) is 0 Å². The Labute approximate surface area is 132 Å². The molecule has 1 aromatic heterocycles. The van der Waals surface area contributed by atoms with Crippen molar-refractivity contribution in [2.45, 2.75) is 45.6 Å². The molecule has 4 heteroatoms. The Morgan fingerprint density at radius 2 is 1.86 bits per heavy atom. The Bertz CT molecular complexity index is 606. The SMILES string of the molecule is CCN(c1ccccc1)c1cc(C)nc(NC2CCCC2)n1. The molecule has 1 aliphatic rings. The van der Waals surface area contributed by atoms with Crippen LogP contribution in [0.3, 0.4) is 0 Å². The molecule has 0 atom stereocenters. The van der Waals surface area contributed by atoms with Gasteiger partial charge in [-0.25, -0.2) is 4.98 Å². The Kier molecular flexibility index (Phi) is 4.56. The molecule has 2 aromatic rings. The minimum absolute atomic E-state index is 0.529. The van der Waals surface area contributed by atoms with E-state index in [0.717, 1.165) is 29.7 Å². The van der Waals surface area contributed by atoms with Crippen LogP contribution in [0.25, 0.3) is 0 Å². The van der Waals surface area contributed by atoms with Gasteiger partial charge in [0.05, 0.1) is 0 Å². The van der Waals surface area contributed by atoms with Crippen molar-refractivity contribution in [3.05, 3.63) is 42.1 Å². The summed E-state index contributed by atoms with van der Waals surface area (Å²) in [5, 5.41) is 3.50. The summed E-state index contributed by atoms with van der Waals surface area (Å²) in [7, 11) is 0. The Morgan fingerprint density at radius 3 is 2.55 bits per heavy atom. The first-order chi connectivity index (χ1) is 10.8. The van der Waals surface area contributed by atoms with Crippen LogP contribution in [-0.4, -0.2) is 22.6 Å². The monoisotopic (exact) mass is 296 g/mol. The summed E-state index contributed by atoms with van der Waals surface area (Å²) in [5.74, 6) is 1.72. The van der Waals surface area contributed by atoms with Crippen molar-refractivity contribution in [3.63, 3.8) is 0 Å². The van der Waals surface area contributed by atoms with Crippen LogP contribution in [0, 0.1) is 6.92 Å². The molecule has 1 fully saturated rings. The van der Waals surface area contributed by atoms with E-state index < -0.39 is 0 Å². The molecule has 1 saturated carbocycles. The molecule has 0 amide bonds. The number of benzene rings is 1.